The summed E-state index contributed by atoms with van der Waals surface area (Å²) in [6, 6.07) is 9.85. The van der Waals surface area contributed by atoms with E-state index in [1.165, 1.54) is 0 Å². The van der Waals surface area contributed by atoms with E-state index in [9.17, 15) is 4.79 Å². The topological polar surface area (TPSA) is 35.5 Å². The van der Waals surface area contributed by atoms with Gasteiger partial charge in [-0.1, -0.05) is 30.3 Å². The average Bonchev–Trinajstić information content (AvgIpc) is 2.76. The standard InChI is InChI=1S/C12H12O3/c13-7-11-6-12(15-9-11)14-8-10-4-2-1-3-5-10/h1-7,12H,8-9H2. The lowest BCUT2D eigenvalue weighted by Crippen LogP contribution is -2.09. The molecule has 0 aromatic heterocycles. The van der Waals surface area contributed by atoms with Crippen molar-refractivity contribution < 1.29 is 14.3 Å². The van der Waals surface area contributed by atoms with E-state index < -0.39 is 0 Å². The molecule has 1 heterocycles. The number of benzene rings is 1. The predicted molar refractivity (Wildman–Crippen MR) is 55.1 cm³/mol. The lowest BCUT2D eigenvalue weighted by atomic mass is 10.2. The highest BCUT2D eigenvalue weighted by atomic mass is 16.7. The largest absolute Gasteiger partial charge is 0.344 e. The van der Waals surface area contributed by atoms with Gasteiger partial charge < -0.3 is 9.47 Å². The summed E-state index contributed by atoms with van der Waals surface area (Å²) < 4.78 is 10.7. The molecular formula is C12H12O3. The Morgan fingerprint density at radius 3 is 2.87 bits per heavy atom. The van der Waals surface area contributed by atoms with Gasteiger partial charge in [-0.05, 0) is 11.6 Å². The van der Waals surface area contributed by atoms with Gasteiger partial charge in [0, 0.05) is 5.57 Å². The van der Waals surface area contributed by atoms with E-state index in [4.69, 9.17) is 9.47 Å². The molecule has 0 radical (unpaired) electrons. The molecule has 0 bridgehead atoms. The van der Waals surface area contributed by atoms with E-state index in [0.29, 0.717) is 18.8 Å². The molecule has 1 unspecified atom stereocenters. The molecule has 0 aliphatic carbocycles. The molecule has 3 nitrogen and oxygen atoms in total. The lowest BCUT2D eigenvalue weighted by molar-refractivity contribution is -0.107. The second-order valence-corrected chi connectivity index (χ2v) is 3.34. The van der Waals surface area contributed by atoms with Gasteiger partial charge in [0.2, 0.25) is 0 Å². The molecule has 1 atom stereocenters. The normalized spacial score (nSPS) is 20.0. The molecule has 2 rings (SSSR count). The quantitative estimate of drug-likeness (QED) is 0.700. The van der Waals surface area contributed by atoms with Crippen molar-refractivity contribution in [3.8, 4) is 0 Å². The van der Waals surface area contributed by atoms with Crippen molar-refractivity contribution in [1.29, 1.82) is 0 Å². The van der Waals surface area contributed by atoms with Gasteiger partial charge in [0.25, 0.3) is 0 Å². The fraction of sp³-hybridized carbons (Fsp3) is 0.250. The fourth-order valence-corrected chi connectivity index (χ4v) is 1.37. The first kappa shape index (κ1) is 10.1. The molecule has 3 heteroatoms. The van der Waals surface area contributed by atoms with Gasteiger partial charge in [-0.2, -0.15) is 0 Å². The third-order valence-electron chi connectivity index (χ3n) is 2.17. The van der Waals surface area contributed by atoms with Gasteiger partial charge in [0.05, 0.1) is 13.2 Å². The maximum atomic E-state index is 10.4. The highest BCUT2D eigenvalue weighted by molar-refractivity contribution is 5.74. The van der Waals surface area contributed by atoms with Crippen molar-refractivity contribution in [2.45, 2.75) is 12.9 Å². The highest BCUT2D eigenvalue weighted by Crippen LogP contribution is 2.13. The van der Waals surface area contributed by atoms with Gasteiger partial charge in [0.15, 0.2) is 6.29 Å². The van der Waals surface area contributed by atoms with E-state index in [0.717, 1.165) is 11.8 Å². The highest BCUT2D eigenvalue weighted by Gasteiger charge is 2.15. The molecule has 0 spiro atoms. The Labute approximate surface area is 88.3 Å². The smallest absolute Gasteiger partial charge is 0.178 e. The maximum Gasteiger partial charge on any atom is 0.178 e. The second-order valence-electron chi connectivity index (χ2n) is 3.34. The molecule has 0 fully saturated rings. The maximum absolute atomic E-state index is 10.4. The van der Waals surface area contributed by atoms with Gasteiger partial charge in [-0.3, -0.25) is 4.79 Å². The molecule has 1 aliphatic rings. The predicted octanol–water partition coefficient (Wildman–Crippen LogP) is 1.68. The lowest BCUT2D eigenvalue weighted by Gasteiger charge is -2.09. The van der Waals surface area contributed by atoms with Crippen LogP contribution >= 0.6 is 0 Å². The van der Waals surface area contributed by atoms with Crippen molar-refractivity contribution in [1.82, 2.24) is 0 Å². The monoisotopic (exact) mass is 204 g/mol. The Bertz CT molecular complexity index is 356. The molecule has 0 saturated heterocycles. The summed E-state index contributed by atoms with van der Waals surface area (Å²) in [5.41, 5.74) is 1.74. The Kier molecular flexibility index (Phi) is 3.27. The summed E-state index contributed by atoms with van der Waals surface area (Å²) in [5.74, 6) is 0. The number of carbonyl (C=O) groups is 1. The van der Waals surface area contributed by atoms with Crippen LogP contribution in [0.25, 0.3) is 0 Å². The number of ether oxygens (including phenoxy) is 2. The average molecular weight is 204 g/mol. The van der Waals surface area contributed by atoms with Crippen LogP contribution in [0.3, 0.4) is 0 Å². The Morgan fingerprint density at radius 2 is 2.20 bits per heavy atom. The summed E-state index contributed by atoms with van der Waals surface area (Å²) in [4.78, 5) is 10.4. The zero-order valence-corrected chi connectivity index (χ0v) is 8.26. The first-order valence-corrected chi connectivity index (χ1v) is 4.81. The van der Waals surface area contributed by atoms with Crippen LogP contribution in [0, 0.1) is 0 Å². The molecular weight excluding hydrogens is 192 g/mol. The fourth-order valence-electron chi connectivity index (χ4n) is 1.37. The SMILES string of the molecule is O=CC1=CC(OCc2ccccc2)OC1. The van der Waals surface area contributed by atoms with E-state index in [1.54, 1.807) is 6.08 Å². The summed E-state index contributed by atoms with van der Waals surface area (Å²) in [6.45, 7) is 0.844. The Morgan fingerprint density at radius 1 is 1.40 bits per heavy atom. The molecule has 0 N–H and O–H groups in total. The summed E-state index contributed by atoms with van der Waals surface area (Å²) in [6.07, 6.45) is 2.12. The number of rotatable bonds is 4. The number of carbonyl (C=O) groups excluding carboxylic acids is 1. The summed E-state index contributed by atoms with van der Waals surface area (Å²) in [5, 5.41) is 0. The van der Waals surface area contributed by atoms with Crippen LogP contribution in [0.15, 0.2) is 42.0 Å². The van der Waals surface area contributed by atoms with Crippen LogP contribution in [0.1, 0.15) is 5.56 Å². The minimum absolute atomic E-state index is 0.350. The van der Waals surface area contributed by atoms with Crippen LogP contribution in [-0.4, -0.2) is 19.2 Å². The van der Waals surface area contributed by atoms with Gasteiger partial charge in [0.1, 0.15) is 6.29 Å². The van der Waals surface area contributed by atoms with E-state index in [2.05, 4.69) is 0 Å². The van der Waals surface area contributed by atoms with Gasteiger partial charge in [-0.25, -0.2) is 0 Å². The van der Waals surface area contributed by atoms with Crippen molar-refractivity contribution in [2.24, 2.45) is 0 Å². The van der Waals surface area contributed by atoms with Crippen LogP contribution < -0.4 is 0 Å². The molecule has 1 aromatic rings. The third kappa shape index (κ3) is 2.75. The van der Waals surface area contributed by atoms with Crippen molar-refractivity contribution in [3.05, 3.63) is 47.5 Å². The zero-order valence-electron chi connectivity index (χ0n) is 8.26. The van der Waals surface area contributed by atoms with Gasteiger partial charge >= 0.3 is 0 Å². The zero-order chi connectivity index (χ0) is 10.5. The van der Waals surface area contributed by atoms with Crippen LogP contribution in [0.4, 0.5) is 0 Å². The van der Waals surface area contributed by atoms with Crippen molar-refractivity contribution >= 4 is 6.29 Å². The van der Waals surface area contributed by atoms with Crippen LogP contribution in [0.5, 0.6) is 0 Å². The molecule has 0 amide bonds. The molecule has 1 aliphatic heterocycles. The Hall–Kier alpha value is -1.45. The first-order chi connectivity index (χ1) is 7.38. The minimum Gasteiger partial charge on any atom is -0.344 e. The van der Waals surface area contributed by atoms with Crippen LogP contribution in [-0.2, 0) is 20.9 Å². The number of aldehydes is 1. The molecule has 78 valence electrons. The second kappa shape index (κ2) is 4.87. The number of hydrogen-bond donors (Lipinski definition) is 0. The van der Waals surface area contributed by atoms with Crippen molar-refractivity contribution in [2.75, 3.05) is 6.61 Å². The van der Waals surface area contributed by atoms with Crippen molar-refractivity contribution in [3.63, 3.8) is 0 Å². The van der Waals surface area contributed by atoms with E-state index in [-0.39, 0.29) is 6.29 Å². The third-order valence-corrected chi connectivity index (χ3v) is 2.17. The van der Waals surface area contributed by atoms with E-state index >= 15 is 0 Å². The Balaban J connectivity index is 1.85. The molecule has 1 aromatic carbocycles. The van der Waals surface area contributed by atoms with Gasteiger partial charge in [-0.15, -0.1) is 0 Å². The van der Waals surface area contributed by atoms with Crippen LogP contribution in [0.2, 0.25) is 0 Å². The minimum atomic E-state index is -0.384. The summed E-state index contributed by atoms with van der Waals surface area (Å²) >= 11 is 0. The summed E-state index contributed by atoms with van der Waals surface area (Å²) in [7, 11) is 0. The first-order valence-electron chi connectivity index (χ1n) is 4.81. The molecule has 15 heavy (non-hydrogen) atoms. The molecule has 0 saturated carbocycles. The van der Waals surface area contributed by atoms with E-state index in [1.807, 2.05) is 30.3 Å². The number of hydrogen-bond acceptors (Lipinski definition) is 3.